The number of nitrogens with zero attached hydrogens (tertiary/aromatic N) is 1. The summed E-state index contributed by atoms with van der Waals surface area (Å²) < 4.78 is 0. The number of aromatic nitrogens is 1. The van der Waals surface area contributed by atoms with Crippen molar-refractivity contribution in [2.45, 2.75) is 26.2 Å². The fourth-order valence-electron chi connectivity index (χ4n) is 2.07. The molecule has 1 heterocycles. The Balaban J connectivity index is 1.92. The molecular weight excluding hydrogens is 214 g/mol. The van der Waals surface area contributed by atoms with Gasteiger partial charge in [0.15, 0.2) is 0 Å². The molecule has 0 saturated heterocycles. The van der Waals surface area contributed by atoms with Gasteiger partial charge in [-0.05, 0) is 49.8 Å². The molecule has 4 nitrogen and oxygen atoms in total. The van der Waals surface area contributed by atoms with Crippen LogP contribution in [0.4, 0.5) is 0 Å². The van der Waals surface area contributed by atoms with Gasteiger partial charge in [-0.25, -0.2) is 0 Å². The van der Waals surface area contributed by atoms with Crippen LogP contribution < -0.4 is 11.1 Å². The number of carbonyl (C=O) groups is 1. The van der Waals surface area contributed by atoms with E-state index in [1.165, 1.54) is 12.8 Å². The second kappa shape index (κ2) is 4.84. The molecule has 4 heteroatoms. The van der Waals surface area contributed by atoms with E-state index in [1.54, 1.807) is 6.20 Å². The van der Waals surface area contributed by atoms with Crippen molar-refractivity contribution in [2.75, 3.05) is 13.1 Å². The summed E-state index contributed by atoms with van der Waals surface area (Å²) in [7, 11) is 0. The van der Waals surface area contributed by atoms with E-state index in [2.05, 4.69) is 10.3 Å². The van der Waals surface area contributed by atoms with Crippen molar-refractivity contribution < 1.29 is 4.79 Å². The van der Waals surface area contributed by atoms with Crippen LogP contribution in [0.2, 0.25) is 0 Å². The van der Waals surface area contributed by atoms with E-state index in [4.69, 9.17) is 5.73 Å². The SMILES string of the molecule is Cc1cccnc1C(=O)NCC1(CCN)CC1. The van der Waals surface area contributed by atoms with Gasteiger partial charge in [-0.15, -0.1) is 0 Å². The van der Waals surface area contributed by atoms with Gasteiger partial charge in [-0.1, -0.05) is 6.07 Å². The minimum Gasteiger partial charge on any atom is -0.350 e. The first-order valence-corrected chi connectivity index (χ1v) is 6.07. The molecule has 0 radical (unpaired) electrons. The molecule has 1 aliphatic rings. The van der Waals surface area contributed by atoms with Crippen LogP contribution in [0.25, 0.3) is 0 Å². The lowest BCUT2D eigenvalue weighted by Crippen LogP contribution is -2.32. The Kier molecular flexibility index (Phi) is 3.43. The Morgan fingerprint density at radius 3 is 2.94 bits per heavy atom. The minimum atomic E-state index is -0.0774. The maximum absolute atomic E-state index is 11.9. The number of rotatable bonds is 5. The molecule has 0 bridgehead atoms. The van der Waals surface area contributed by atoms with Crippen LogP contribution in [-0.4, -0.2) is 24.0 Å². The number of carbonyl (C=O) groups excluding carboxylic acids is 1. The predicted molar refractivity (Wildman–Crippen MR) is 66.6 cm³/mol. The van der Waals surface area contributed by atoms with E-state index in [1.807, 2.05) is 19.1 Å². The van der Waals surface area contributed by atoms with Gasteiger partial charge in [0, 0.05) is 12.7 Å². The van der Waals surface area contributed by atoms with E-state index in [9.17, 15) is 4.79 Å². The zero-order valence-electron chi connectivity index (χ0n) is 10.2. The van der Waals surface area contributed by atoms with Gasteiger partial charge in [0.1, 0.15) is 5.69 Å². The van der Waals surface area contributed by atoms with Crippen molar-refractivity contribution in [3.8, 4) is 0 Å². The molecule has 3 N–H and O–H groups in total. The number of hydrogen-bond acceptors (Lipinski definition) is 3. The van der Waals surface area contributed by atoms with Gasteiger partial charge in [0.2, 0.25) is 0 Å². The highest BCUT2D eigenvalue weighted by Gasteiger charge is 2.41. The van der Waals surface area contributed by atoms with Crippen LogP contribution >= 0.6 is 0 Å². The molecule has 92 valence electrons. The van der Waals surface area contributed by atoms with Crippen molar-refractivity contribution >= 4 is 5.91 Å². The summed E-state index contributed by atoms with van der Waals surface area (Å²) in [4.78, 5) is 16.0. The van der Waals surface area contributed by atoms with Crippen molar-refractivity contribution in [1.29, 1.82) is 0 Å². The fourth-order valence-corrected chi connectivity index (χ4v) is 2.07. The largest absolute Gasteiger partial charge is 0.350 e. The van der Waals surface area contributed by atoms with E-state index in [0.717, 1.165) is 18.5 Å². The second-order valence-corrected chi connectivity index (χ2v) is 4.89. The summed E-state index contributed by atoms with van der Waals surface area (Å²) >= 11 is 0. The van der Waals surface area contributed by atoms with Gasteiger partial charge in [0.05, 0.1) is 0 Å². The minimum absolute atomic E-state index is 0.0774. The molecular formula is C13H19N3O. The lowest BCUT2D eigenvalue weighted by Gasteiger charge is -2.14. The standard InChI is InChI=1S/C13H19N3O/c1-10-3-2-8-15-11(10)12(17)16-9-13(4-5-13)6-7-14/h2-3,8H,4-7,9,14H2,1H3,(H,16,17). The van der Waals surface area contributed by atoms with Crippen LogP contribution in [0.5, 0.6) is 0 Å². The molecule has 0 unspecified atom stereocenters. The van der Waals surface area contributed by atoms with Crippen molar-refractivity contribution in [2.24, 2.45) is 11.1 Å². The number of pyridine rings is 1. The maximum Gasteiger partial charge on any atom is 0.270 e. The second-order valence-electron chi connectivity index (χ2n) is 4.89. The summed E-state index contributed by atoms with van der Waals surface area (Å²) in [5, 5.41) is 2.97. The van der Waals surface area contributed by atoms with Crippen molar-refractivity contribution in [3.05, 3.63) is 29.6 Å². The van der Waals surface area contributed by atoms with Crippen LogP contribution in [-0.2, 0) is 0 Å². The lowest BCUT2D eigenvalue weighted by molar-refractivity contribution is 0.0938. The Labute approximate surface area is 102 Å². The molecule has 1 aromatic rings. The average Bonchev–Trinajstić information content (AvgIpc) is 3.08. The first-order valence-electron chi connectivity index (χ1n) is 6.07. The van der Waals surface area contributed by atoms with E-state index in [-0.39, 0.29) is 11.3 Å². The fraction of sp³-hybridized carbons (Fsp3) is 0.538. The molecule has 1 aromatic heterocycles. The topological polar surface area (TPSA) is 68.0 Å². The van der Waals surface area contributed by atoms with Crippen LogP contribution in [0, 0.1) is 12.3 Å². The summed E-state index contributed by atoms with van der Waals surface area (Å²) in [6.07, 6.45) is 4.99. The zero-order chi connectivity index (χ0) is 12.3. The number of nitrogens with two attached hydrogens (primary N) is 1. The number of nitrogens with one attached hydrogen (secondary N) is 1. The highest BCUT2D eigenvalue weighted by atomic mass is 16.1. The van der Waals surface area contributed by atoms with Crippen molar-refractivity contribution in [3.63, 3.8) is 0 Å². The van der Waals surface area contributed by atoms with E-state index >= 15 is 0 Å². The molecule has 0 atom stereocenters. The molecule has 0 aromatic carbocycles. The summed E-state index contributed by atoms with van der Waals surface area (Å²) in [5.74, 6) is -0.0774. The molecule has 1 fully saturated rings. The smallest absolute Gasteiger partial charge is 0.270 e. The highest BCUT2D eigenvalue weighted by Crippen LogP contribution is 2.47. The quantitative estimate of drug-likeness (QED) is 0.804. The Bertz CT molecular complexity index is 413. The first-order chi connectivity index (χ1) is 8.17. The zero-order valence-corrected chi connectivity index (χ0v) is 10.2. The molecule has 0 aliphatic heterocycles. The summed E-state index contributed by atoms with van der Waals surface area (Å²) in [6, 6.07) is 3.73. The Hall–Kier alpha value is -1.42. The molecule has 1 saturated carbocycles. The number of aryl methyl sites for hydroxylation is 1. The van der Waals surface area contributed by atoms with Crippen LogP contribution in [0.1, 0.15) is 35.3 Å². The maximum atomic E-state index is 11.9. The first kappa shape index (κ1) is 12.0. The Morgan fingerprint density at radius 2 is 2.35 bits per heavy atom. The third-order valence-electron chi connectivity index (χ3n) is 3.48. The molecule has 17 heavy (non-hydrogen) atoms. The highest BCUT2D eigenvalue weighted by molar-refractivity contribution is 5.93. The number of amides is 1. The summed E-state index contributed by atoms with van der Waals surface area (Å²) in [5.41, 5.74) is 7.28. The Morgan fingerprint density at radius 1 is 1.59 bits per heavy atom. The van der Waals surface area contributed by atoms with Gasteiger partial charge in [0.25, 0.3) is 5.91 Å². The molecule has 2 rings (SSSR count). The van der Waals surface area contributed by atoms with Crippen molar-refractivity contribution in [1.82, 2.24) is 10.3 Å². The van der Waals surface area contributed by atoms with E-state index < -0.39 is 0 Å². The monoisotopic (exact) mass is 233 g/mol. The van der Waals surface area contributed by atoms with Crippen LogP contribution in [0.3, 0.4) is 0 Å². The third-order valence-corrected chi connectivity index (χ3v) is 3.48. The predicted octanol–water partition coefficient (Wildman–Crippen LogP) is 1.25. The van der Waals surface area contributed by atoms with Gasteiger partial charge in [-0.2, -0.15) is 0 Å². The molecule has 1 aliphatic carbocycles. The normalized spacial score (nSPS) is 16.6. The van der Waals surface area contributed by atoms with E-state index in [0.29, 0.717) is 12.2 Å². The van der Waals surface area contributed by atoms with Crippen LogP contribution in [0.15, 0.2) is 18.3 Å². The van der Waals surface area contributed by atoms with Gasteiger partial charge < -0.3 is 11.1 Å². The van der Waals surface area contributed by atoms with Gasteiger partial charge >= 0.3 is 0 Å². The van der Waals surface area contributed by atoms with Gasteiger partial charge in [-0.3, -0.25) is 9.78 Å². The number of hydrogen-bond donors (Lipinski definition) is 2. The third kappa shape index (κ3) is 2.82. The molecule has 1 amide bonds. The average molecular weight is 233 g/mol. The molecule has 0 spiro atoms. The lowest BCUT2D eigenvalue weighted by atomic mass is 10.0. The summed E-state index contributed by atoms with van der Waals surface area (Å²) in [6.45, 7) is 3.31.